The lowest BCUT2D eigenvalue weighted by Gasteiger charge is -2.10. The van der Waals surface area contributed by atoms with E-state index in [1.807, 2.05) is 32.0 Å². The summed E-state index contributed by atoms with van der Waals surface area (Å²) in [5, 5.41) is 0. The SMILES string of the molecule is COc1ccc2nc(-c3ncc(C)c(OC)c3C)[nH]c2c1. The predicted molar refractivity (Wildman–Crippen MR) is 81.9 cm³/mol. The second kappa shape index (κ2) is 5.09. The van der Waals surface area contributed by atoms with Crippen LogP contribution in [0.4, 0.5) is 0 Å². The van der Waals surface area contributed by atoms with Crippen LogP contribution in [0.15, 0.2) is 24.4 Å². The summed E-state index contributed by atoms with van der Waals surface area (Å²) >= 11 is 0. The minimum absolute atomic E-state index is 0.731. The molecule has 108 valence electrons. The van der Waals surface area contributed by atoms with Gasteiger partial charge in [0.1, 0.15) is 17.2 Å². The third-order valence-corrected chi connectivity index (χ3v) is 3.56. The molecule has 0 amide bonds. The Bertz CT molecular complexity index is 809. The second-order valence-corrected chi connectivity index (χ2v) is 4.92. The number of ether oxygens (including phenoxy) is 2. The third-order valence-electron chi connectivity index (χ3n) is 3.56. The number of methoxy groups -OCH3 is 2. The first-order valence-electron chi connectivity index (χ1n) is 6.68. The number of hydrogen-bond donors (Lipinski definition) is 1. The molecule has 0 fully saturated rings. The van der Waals surface area contributed by atoms with E-state index in [2.05, 4.69) is 15.0 Å². The molecule has 2 heterocycles. The number of nitrogens with zero attached hydrogens (tertiary/aromatic N) is 2. The fraction of sp³-hybridized carbons (Fsp3) is 0.250. The number of H-pyrrole nitrogens is 1. The van der Waals surface area contributed by atoms with Crippen molar-refractivity contribution in [1.29, 1.82) is 0 Å². The molecule has 0 saturated carbocycles. The molecule has 0 unspecified atom stereocenters. The van der Waals surface area contributed by atoms with E-state index in [1.54, 1.807) is 20.4 Å². The van der Waals surface area contributed by atoms with Crippen LogP contribution in [0.2, 0.25) is 0 Å². The number of aryl methyl sites for hydroxylation is 1. The smallest absolute Gasteiger partial charge is 0.157 e. The zero-order valence-corrected chi connectivity index (χ0v) is 12.5. The molecule has 0 saturated heterocycles. The summed E-state index contributed by atoms with van der Waals surface area (Å²) in [6, 6.07) is 5.74. The van der Waals surface area contributed by atoms with E-state index in [1.165, 1.54) is 0 Å². The van der Waals surface area contributed by atoms with Gasteiger partial charge in [-0.15, -0.1) is 0 Å². The predicted octanol–water partition coefficient (Wildman–Crippen LogP) is 3.26. The van der Waals surface area contributed by atoms with E-state index >= 15 is 0 Å². The third kappa shape index (κ3) is 2.20. The van der Waals surface area contributed by atoms with Crippen LogP contribution in [0.3, 0.4) is 0 Å². The number of hydrogen-bond acceptors (Lipinski definition) is 4. The Morgan fingerprint density at radius 3 is 2.62 bits per heavy atom. The van der Waals surface area contributed by atoms with Gasteiger partial charge in [-0.3, -0.25) is 4.98 Å². The Balaban J connectivity index is 2.16. The number of aromatic amines is 1. The Kier molecular flexibility index (Phi) is 3.25. The largest absolute Gasteiger partial charge is 0.497 e. The molecular weight excluding hydrogens is 266 g/mol. The molecule has 0 aliphatic rings. The molecule has 0 aliphatic heterocycles. The molecular formula is C16H17N3O2. The maximum atomic E-state index is 5.45. The molecule has 1 aromatic carbocycles. The van der Waals surface area contributed by atoms with Crippen molar-refractivity contribution in [2.45, 2.75) is 13.8 Å². The minimum atomic E-state index is 0.731. The second-order valence-electron chi connectivity index (χ2n) is 4.92. The first-order valence-corrected chi connectivity index (χ1v) is 6.68. The van der Waals surface area contributed by atoms with Crippen molar-refractivity contribution in [3.8, 4) is 23.0 Å². The van der Waals surface area contributed by atoms with Crippen molar-refractivity contribution in [2.24, 2.45) is 0 Å². The number of benzene rings is 1. The van der Waals surface area contributed by atoms with E-state index in [9.17, 15) is 0 Å². The topological polar surface area (TPSA) is 60.0 Å². The lowest BCUT2D eigenvalue weighted by Crippen LogP contribution is -1.97. The van der Waals surface area contributed by atoms with Gasteiger partial charge in [0.05, 0.1) is 25.3 Å². The van der Waals surface area contributed by atoms with Crippen LogP contribution in [0.5, 0.6) is 11.5 Å². The van der Waals surface area contributed by atoms with Crippen LogP contribution < -0.4 is 9.47 Å². The number of pyridine rings is 1. The lowest BCUT2D eigenvalue weighted by molar-refractivity contribution is 0.408. The summed E-state index contributed by atoms with van der Waals surface area (Å²) in [7, 11) is 3.32. The van der Waals surface area contributed by atoms with Gasteiger partial charge in [0, 0.05) is 23.4 Å². The normalized spacial score (nSPS) is 10.9. The van der Waals surface area contributed by atoms with Crippen molar-refractivity contribution >= 4 is 11.0 Å². The summed E-state index contributed by atoms with van der Waals surface area (Å²) in [5.74, 6) is 2.37. The number of imidazole rings is 1. The standard InChI is InChI=1S/C16H17N3O2/c1-9-8-17-14(10(2)15(9)21-4)16-18-12-6-5-11(20-3)7-13(12)19-16/h5-8H,1-4H3,(H,18,19). The van der Waals surface area contributed by atoms with Crippen molar-refractivity contribution in [1.82, 2.24) is 15.0 Å². The van der Waals surface area contributed by atoms with E-state index in [-0.39, 0.29) is 0 Å². The van der Waals surface area contributed by atoms with Crippen LogP contribution in [0.25, 0.3) is 22.6 Å². The fourth-order valence-electron chi connectivity index (χ4n) is 2.50. The average Bonchev–Trinajstić information content (AvgIpc) is 2.90. The fourth-order valence-corrected chi connectivity index (χ4v) is 2.50. The van der Waals surface area contributed by atoms with Gasteiger partial charge in [-0.1, -0.05) is 0 Å². The molecule has 0 atom stereocenters. The lowest BCUT2D eigenvalue weighted by atomic mass is 10.1. The van der Waals surface area contributed by atoms with Gasteiger partial charge in [-0.05, 0) is 26.0 Å². The highest BCUT2D eigenvalue weighted by molar-refractivity contribution is 5.81. The number of aromatic nitrogens is 3. The average molecular weight is 283 g/mol. The molecule has 5 heteroatoms. The van der Waals surface area contributed by atoms with Gasteiger partial charge in [0.25, 0.3) is 0 Å². The van der Waals surface area contributed by atoms with Gasteiger partial charge in [0.15, 0.2) is 5.82 Å². The first kappa shape index (κ1) is 13.4. The maximum absolute atomic E-state index is 5.45. The maximum Gasteiger partial charge on any atom is 0.157 e. The zero-order chi connectivity index (χ0) is 15.0. The van der Waals surface area contributed by atoms with Crippen LogP contribution in [0.1, 0.15) is 11.1 Å². The molecule has 0 spiro atoms. The Morgan fingerprint density at radius 1 is 1.10 bits per heavy atom. The molecule has 21 heavy (non-hydrogen) atoms. The van der Waals surface area contributed by atoms with Crippen LogP contribution in [-0.2, 0) is 0 Å². The van der Waals surface area contributed by atoms with E-state index in [0.717, 1.165) is 45.2 Å². The van der Waals surface area contributed by atoms with Gasteiger partial charge < -0.3 is 14.5 Å². The van der Waals surface area contributed by atoms with Crippen molar-refractivity contribution < 1.29 is 9.47 Å². The number of rotatable bonds is 3. The first-order chi connectivity index (χ1) is 10.1. The highest BCUT2D eigenvalue weighted by atomic mass is 16.5. The van der Waals surface area contributed by atoms with Gasteiger partial charge in [-0.25, -0.2) is 4.98 Å². The molecule has 3 rings (SSSR count). The minimum Gasteiger partial charge on any atom is -0.497 e. The van der Waals surface area contributed by atoms with E-state index < -0.39 is 0 Å². The van der Waals surface area contributed by atoms with Crippen molar-refractivity contribution in [2.75, 3.05) is 14.2 Å². The molecule has 2 aromatic heterocycles. The number of fused-ring (bicyclic) bond motifs is 1. The zero-order valence-electron chi connectivity index (χ0n) is 12.5. The van der Waals surface area contributed by atoms with Gasteiger partial charge in [-0.2, -0.15) is 0 Å². The summed E-state index contributed by atoms with van der Waals surface area (Å²) in [5.41, 5.74) is 4.59. The molecule has 0 bridgehead atoms. The van der Waals surface area contributed by atoms with E-state index in [4.69, 9.17) is 9.47 Å². The molecule has 5 nitrogen and oxygen atoms in total. The van der Waals surface area contributed by atoms with Crippen LogP contribution in [0, 0.1) is 13.8 Å². The monoisotopic (exact) mass is 283 g/mol. The van der Waals surface area contributed by atoms with Crippen molar-refractivity contribution in [3.63, 3.8) is 0 Å². The van der Waals surface area contributed by atoms with E-state index in [0.29, 0.717) is 0 Å². The number of nitrogens with one attached hydrogen (secondary N) is 1. The van der Waals surface area contributed by atoms with Gasteiger partial charge in [0.2, 0.25) is 0 Å². The highest BCUT2D eigenvalue weighted by Gasteiger charge is 2.14. The molecule has 1 N–H and O–H groups in total. The Hall–Kier alpha value is -2.56. The highest BCUT2D eigenvalue weighted by Crippen LogP contribution is 2.30. The quantitative estimate of drug-likeness (QED) is 0.801. The summed E-state index contributed by atoms with van der Waals surface area (Å²) in [4.78, 5) is 12.4. The Morgan fingerprint density at radius 2 is 1.90 bits per heavy atom. The molecule has 3 aromatic rings. The van der Waals surface area contributed by atoms with Crippen LogP contribution >= 0.6 is 0 Å². The molecule has 0 radical (unpaired) electrons. The Labute approximate surface area is 123 Å². The summed E-state index contributed by atoms with van der Waals surface area (Å²) in [6.45, 7) is 3.97. The van der Waals surface area contributed by atoms with Crippen molar-refractivity contribution in [3.05, 3.63) is 35.5 Å². The summed E-state index contributed by atoms with van der Waals surface area (Å²) in [6.07, 6.45) is 1.80. The van der Waals surface area contributed by atoms with Gasteiger partial charge >= 0.3 is 0 Å². The van der Waals surface area contributed by atoms with Crippen LogP contribution in [-0.4, -0.2) is 29.2 Å². The molecule has 0 aliphatic carbocycles. The summed E-state index contributed by atoms with van der Waals surface area (Å²) < 4.78 is 10.7.